The minimum atomic E-state index is -0.442. The third kappa shape index (κ3) is 4.01. The maximum absolute atomic E-state index is 10.8. The van der Waals surface area contributed by atoms with Gasteiger partial charge in [-0.15, -0.1) is 16.4 Å². The molecule has 1 aliphatic carbocycles. The van der Waals surface area contributed by atoms with Gasteiger partial charge in [-0.2, -0.15) is 0 Å². The van der Waals surface area contributed by atoms with E-state index in [0.29, 0.717) is 29.0 Å². The zero-order valence-electron chi connectivity index (χ0n) is 20.2. The monoisotopic (exact) mass is 503 g/mol. The fourth-order valence-electron chi connectivity index (χ4n) is 4.81. The Morgan fingerprint density at radius 1 is 1.22 bits per heavy atom. The number of nitrogens with zero attached hydrogens (tertiary/aromatic N) is 5. The number of aromatic nitrogens is 4. The number of hydrogen-bond donors (Lipinski definition) is 0. The molecule has 0 unspecified atom stereocenters. The van der Waals surface area contributed by atoms with Crippen molar-refractivity contribution >= 4 is 32.9 Å². The van der Waals surface area contributed by atoms with Crippen LogP contribution in [0.5, 0.6) is 5.75 Å². The fraction of sp³-hybridized carbons (Fsp3) is 0.346. The molecule has 184 valence electrons. The number of fused-ring (bicyclic) bond motifs is 5. The third-order valence-corrected chi connectivity index (χ3v) is 8.08. The van der Waals surface area contributed by atoms with Crippen molar-refractivity contribution in [1.82, 2.24) is 19.6 Å². The quantitative estimate of drug-likeness (QED) is 0.206. The van der Waals surface area contributed by atoms with Crippen molar-refractivity contribution in [1.29, 1.82) is 0 Å². The van der Waals surface area contributed by atoms with E-state index in [4.69, 9.17) is 14.1 Å². The van der Waals surface area contributed by atoms with Crippen LogP contribution in [0.4, 0.5) is 5.69 Å². The Hall–Kier alpha value is -3.79. The van der Waals surface area contributed by atoms with Crippen LogP contribution in [-0.2, 0) is 19.4 Å². The molecule has 0 spiro atoms. The summed E-state index contributed by atoms with van der Waals surface area (Å²) in [4.78, 5) is 22.3. The summed E-state index contributed by atoms with van der Waals surface area (Å²) in [6.07, 6.45) is 5.01. The number of hydrogen-bond acceptors (Lipinski definition) is 8. The third-order valence-electron chi connectivity index (χ3n) is 6.92. The molecule has 0 radical (unpaired) electrons. The standard InChI is InChI=1S/C26H25N5O4S/c1-26(2,3)15-4-10-19-21(12-15)36-25-22(19)24-28-23(29-30(24)14-27-25)20-11-9-18(35-20)13-34-17-7-5-16(6-8-17)31(32)33/h5-9,11,14-15H,4,10,12-13H2,1-3H3/t15-/m0/s1. The summed E-state index contributed by atoms with van der Waals surface area (Å²) in [5, 5.41) is 16.5. The summed E-state index contributed by atoms with van der Waals surface area (Å²) in [7, 11) is 0. The zero-order chi connectivity index (χ0) is 25.0. The van der Waals surface area contributed by atoms with Crippen LogP contribution in [-0.4, -0.2) is 24.5 Å². The van der Waals surface area contributed by atoms with Crippen LogP contribution in [0.2, 0.25) is 0 Å². The van der Waals surface area contributed by atoms with Crippen molar-refractivity contribution in [3.8, 4) is 17.3 Å². The summed E-state index contributed by atoms with van der Waals surface area (Å²) in [6, 6.07) is 9.59. The van der Waals surface area contributed by atoms with Crippen LogP contribution in [0, 0.1) is 21.4 Å². The molecule has 1 aromatic carbocycles. The highest BCUT2D eigenvalue weighted by Gasteiger charge is 2.32. The molecule has 0 saturated carbocycles. The van der Waals surface area contributed by atoms with Crippen molar-refractivity contribution in [2.24, 2.45) is 11.3 Å². The van der Waals surface area contributed by atoms with E-state index in [-0.39, 0.29) is 17.7 Å². The lowest BCUT2D eigenvalue weighted by Gasteiger charge is -2.33. The minimum absolute atomic E-state index is 0.0186. The van der Waals surface area contributed by atoms with Gasteiger partial charge in [-0.3, -0.25) is 10.1 Å². The van der Waals surface area contributed by atoms with Gasteiger partial charge in [-0.05, 0) is 60.4 Å². The molecular formula is C26H25N5O4S. The van der Waals surface area contributed by atoms with Crippen LogP contribution in [0.3, 0.4) is 0 Å². The molecule has 0 amide bonds. The average Bonchev–Trinajstić information content (AvgIpc) is 3.57. The molecule has 4 heterocycles. The summed E-state index contributed by atoms with van der Waals surface area (Å²) in [5.74, 6) is 2.83. The Morgan fingerprint density at radius 3 is 2.78 bits per heavy atom. The zero-order valence-corrected chi connectivity index (χ0v) is 21.0. The maximum atomic E-state index is 10.8. The Labute approximate surface area is 210 Å². The highest BCUT2D eigenvalue weighted by molar-refractivity contribution is 7.19. The normalized spacial score (nSPS) is 15.9. The second-order valence-electron chi connectivity index (χ2n) is 10.2. The van der Waals surface area contributed by atoms with Gasteiger partial charge in [0.2, 0.25) is 5.82 Å². The molecule has 0 saturated heterocycles. The smallest absolute Gasteiger partial charge is 0.269 e. The van der Waals surface area contributed by atoms with Crippen molar-refractivity contribution in [3.05, 3.63) is 69.0 Å². The summed E-state index contributed by atoms with van der Waals surface area (Å²) in [6.45, 7) is 7.16. The van der Waals surface area contributed by atoms with Crippen LogP contribution < -0.4 is 4.74 Å². The predicted octanol–water partition coefficient (Wildman–Crippen LogP) is 6.24. The maximum Gasteiger partial charge on any atom is 0.269 e. The van der Waals surface area contributed by atoms with Gasteiger partial charge in [0.05, 0.1) is 10.3 Å². The Morgan fingerprint density at radius 2 is 2.03 bits per heavy atom. The molecule has 4 aromatic heterocycles. The van der Waals surface area contributed by atoms with Crippen LogP contribution in [0.1, 0.15) is 43.4 Å². The minimum Gasteiger partial charge on any atom is -0.486 e. The number of nitro benzene ring substituents is 1. The summed E-state index contributed by atoms with van der Waals surface area (Å²) < 4.78 is 13.4. The van der Waals surface area contributed by atoms with Gasteiger partial charge in [0.1, 0.15) is 29.3 Å². The van der Waals surface area contributed by atoms with E-state index in [1.165, 1.54) is 29.0 Å². The first kappa shape index (κ1) is 22.7. The largest absolute Gasteiger partial charge is 0.486 e. The molecule has 1 atom stereocenters. The van der Waals surface area contributed by atoms with E-state index >= 15 is 0 Å². The first-order chi connectivity index (χ1) is 17.3. The van der Waals surface area contributed by atoms with Gasteiger partial charge >= 0.3 is 0 Å². The first-order valence-corrected chi connectivity index (χ1v) is 12.7. The molecule has 1 aliphatic rings. The van der Waals surface area contributed by atoms with Gasteiger partial charge in [-0.25, -0.2) is 14.5 Å². The molecule has 10 heteroatoms. The highest BCUT2D eigenvalue weighted by Crippen LogP contribution is 2.43. The number of thiophene rings is 1. The van der Waals surface area contributed by atoms with Crippen molar-refractivity contribution in [3.63, 3.8) is 0 Å². The lowest BCUT2D eigenvalue weighted by molar-refractivity contribution is -0.384. The second-order valence-corrected chi connectivity index (χ2v) is 11.3. The second kappa shape index (κ2) is 8.41. The van der Waals surface area contributed by atoms with E-state index in [0.717, 1.165) is 28.7 Å². The molecule has 0 bridgehead atoms. The van der Waals surface area contributed by atoms with Gasteiger partial charge < -0.3 is 9.15 Å². The van der Waals surface area contributed by atoms with Gasteiger partial charge in [0.25, 0.3) is 5.69 Å². The fourth-order valence-corrected chi connectivity index (χ4v) is 6.07. The highest BCUT2D eigenvalue weighted by atomic mass is 32.1. The molecule has 6 rings (SSSR count). The number of furan rings is 1. The van der Waals surface area contributed by atoms with Gasteiger partial charge in [0.15, 0.2) is 11.4 Å². The number of nitro groups is 1. The lowest BCUT2D eigenvalue weighted by atomic mass is 9.72. The predicted molar refractivity (Wildman–Crippen MR) is 136 cm³/mol. The number of ether oxygens (including phenoxy) is 1. The Balaban J connectivity index is 1.25. The molecule has 5 aromatic rings. The lowest BCUT2D eigenvalue weighted by Crippen LogP contribution is -2.26. The molecule has 0 aliphatic heterocycles. The average molecular weight is 504 g/mol. The number of non-ortho nitro benzene ring substituents is 1. The molecule has 9 nitrogen and oxygen atoms in total. The number of benzene rings is 1. The Bertz CT molecular complexity index is 1590. The van der Waals surface area contributed by atoms with Gasteiger partial charge in [0, 0.05) is 17.0 Å². The molecular weight excluding hydrogens is 478 g/mol. The van der Waals surface area contributed by atoms with E-state index in [1.807, 2.05) is 12.1 Å². The van der Waals surface area contributed by atoms with E-state index in [9.17, 15) is 10.1 Å². The van der Waals surface area contributed by atoms with Gasteiger partial charge in [-0.1, -0.05) is 20.8 Å². The Kier molecular flexibility index (Phi) is 5.29. The first-order valence-electron chi connectivity index (χ1n) is 11.9. The molecule has 0 fully saturated rings. The van der Waals surface area contributed by atoms with Crippen molar-refractivity contribution in [2.45, 2.75) is 46.6 Å². The number of aryl methyl sites for hydroxylation is 1. The SMILES string of the molecule is CC(C)(C)[C@H]1CCc2c(sc3ncn4nc(-c5ccc(COc6ccc([N+](=O)[O-])cc6)o5)nc4c23)C1. The van der Waals surface area contributed by atoms with E-state index in [2.05, 4.69) is 30.9 Å². The summed E-state index contributed by atoms with van der Waals surface area (Å²) in [5.41, 5.74) is 2.48. The summed E-state index contributed by atoms with van der Waals surface area (Å²) >= 11 is 1.78. The van der Waals surface area contributed by atoms with Crippen molar-refractivity contribution < 1.29 is 14.1 Å². The molecule has 36 heavy (non-hydrogen) atoms. The van der Waals surface area contributed by atoms with Crippen LogP contribution in [0.25, 0.3) is 27.4 Å². The van der Waals surface area contributed by atoms with Crippen LogP contribution in [0.15, 0.2) is 47.1 Å². The molecule has 0 N–H and O–H groups in total. The topological polar surface area (TPSA) is 109 Å². The van der Waals surface area contributed by atoms with E-state index in [1.54, 1.807) is 34.3 Å². The van der Waals surface area contributed by atoms with Crippen LogP contribution >= 0.6 is 11.3 Å². The number of rotatable bonds is 5. The van der Waals surface area contributed by atoms with Crippen molar-refractivity contribution in [2.75, 3.05) is 0 Å². The van der Waals surface area contributed by atoms with E-state index < -0.39 is 4.92 Å².